The summed E-state index contributed by atoms with van der Waals surface area (Å²) in [6.45, 7) is 4.13. The highest BCUT2D eigenvalue weighted by Gasteiger charge is 2.22. The van der Waals surface area contributed by atoms with E-state index >= 15 is 0 Å². The Hall–Kier alpha value is -2.77. The molecule has 2 atom stereocenters. The Balaban J connectivity index is 1.50. The van der Waals surface area contributed by atoms with E-state index in [1.165, 1.54) is 0 Å². The third-order valence-corrected chi connectivity index (χ3v) is 6.60. The van der Waals surface area contributed by atoms with Crippen molar-refractivity contribution in [2.24, 2.45) is 5.92 Å². The molecule has 0 spiro atoms. The summed E-state index contributed by atoms with van der Waals surface area (Å²) in [4.78, 5) is 21.2. The number of rotatable bonds is 4. The summed E-state index contributed by atoms with van der Waals surface area (Å²) in [7, 11) is 0. The van der Waals surface area contributed by atoms with E-state index in [9.17, 15) is 4.79 Å². The maximum Gasteiger partial charge on any atom is 0.347 e. The number of benzene rings is 1. The number of piperidine rings is 1. The van der Waals surface area contributed by atoms with E-state index in [0.717, 1.165) is 53.8 Å². The van der Waals surface area contributed by atoms with Crippen molar-refractivity contribution < 1.29 is 0 Å². The first kappa shape index (κ1) is 18.3. The van der Waals surface area contributed by atoms with Crippen molar-refractivity contribution in [2.75, 3.05) is 13.1 Å². The molecule has 1 aliphatic rings. The Morgan fingerprint density at radius 1 is 1.24 bits per heavy atom. The molecule has 1 saturated heterocycles. The molecule has 0 radical (unpaired) electrons. The molecule has 4 aromatic rings. The Morgan fingerprint density at radius 2 is 2.17 bits per heavy atom. The van der Waals surface area contributed by atoms with E-state index in [2.05, 4.69) is 61.8 Å². The van der Waals surface area contributed by atoms with Gasteiger partial charge in [-0.25, -0.2) is 14.8 Å². The number of nitrogens with zero attached hydrogens (tertiary/aromatic N) is 4. The summed E-state index contributed by atoms with van der Waals surface area (Å²) in [5.41, 5.74) is 4.88. The standard InChI is InChI=1S/C22H23N5OS/c1-15(17-3-2-7-23-10-17)26-12-18(11-24-22(26)28)16-4-5-21-20(9-16)25-14-27(21)19-6-8-29-13-19/h4-6,8-9,11-15,17,23H,2-3,7,10H2,1H3. The van der Waals surface area contributed by atoms with E-state index in [0.29, 0.717) is 5.92 Å². The molecule has 0 saturated carbocycles. The summed E-state index contributed by atoms with van der Waals surface area (Å²) >= 11 is 1.67. The van der Waals surface area contributed by atoms with Gasteiger partial charge < -0.3 is 5.32 Å². The van der Waals surface area contributed by atoms with Crippen molar-refractivity contribution in [3.63, 3.8) is 0 Å². The van der Waals surface area contributed by atoms with E-state index in [4.69, 9.17) is 0 Å². The van der Waals surface area contributed by atoms with Crippen LogP contribution in [0.1, 0.15) is 25.8 Å². The number of hydrogen-bond donors (Lipinski definition) is 1. The highest BCUT2D eigenvalue weighted by atomic mass is 32.1. The lowest BCUT2D eigenvalue weighted by molar-refractivity contribution is 0.274. The zero-order chi connectivity index (χ0) is 19.8. The second-order valence-electron chi connectivity index (χ2n) is 7.68. The number of hydrogen-bond acceptors (Lipinski definition) is 5. The molecule has 0 aliphatic carbocycles. The number of nitrogens with one attached hydrogen (secondary N) is 1. The molecule has 3 aromatic heterocycles. The fraction of sp³-hybridized carbons (Fsp3) is 0.318. The van der Waals surface area contributed by atoms with Gasteiger partial charge in [0.05, 0.1) is 16.7 Å². The van der Waals surface area contributed by atoms with Gasteiger partial charge >= 0.3 is 5.69 Å². The molecule has 0 amide bonds. The Labute approximate surface area is 172 Å². The zero-order valence-electron chi connectivity index (χ0n) is 16.3. The van der Waals surface area contributed by atoms with Gasteiger partial charge in [-0.2, -0.15) is 11.3 Å². The molecular weight excluding hydrogens is 382 g/mol. The van der Waals surface area contributed by atoms with Crippen molar-refractivity contribution in [1.82, 2.24) is 24.4 Å². The minimum absolute atomic E-state index is 0.115. The second-order valence-corrected chi connectivity index (χ2v) is 8.46. The van der Waals surface area contributed by atoms with Gasteiger partial charge in [-0.1, -0.05) is 6.07 Å². The molecule has 4 heterocycles. The third-order valence-electron chi connectivity index (χ3n) is 5.93. The van der Waals surface area contributed by atoms with E-state index in [1.807, 2.05) is 12.5 Å². The quantitative estimate of drug-likeness (QED) is 0.560. The lowest BCUT2D eigenvalue weighted by Crippen LogP contribution is -2.37. The lowest BCUT2D eigenvalue weighted by atomic mass is 9.92. The highest BCUT2D eigenvalue weighted by molar-refractivity contribution is 7.08. The van der Waals surface area contributed by atoms with Gasteiger partial charge in [-0.05, 0) is 67.9 Å². The van der Waals surface area contributed by atoms with Crippen LogP contribution in [-0.4, -0.2) is 32.2 Å². The summed E-state index contributed by atoms with van der Waals surface area (Å²) in [5, 5.41) is 7.61. The Morgan fingerprint density at radius 3 is 2.97 bits per heavy atom. The van der Waals surface area contributed by atoms with Gasteiger partial charge in [-0.15, -0.1) is 0 Å². The van der Waals surface area contributed by atoms with Crippen LogP contribution in [0.3, 0.4) is 0 Å². The average Bonchev–Trinajstić information content (AvgIpc) is 3.43. The van der Waals surface area contributed by atoms with Gasteiger partial charge in [0.15, 0.2) is 0 Å². The summed E-state index contributed by atoms with van der Waals surface area (Å²) in [6.07, 6.45) is 7.76. The largest absolute Gasteiger partial charge is 0.347 e. The van der Waals surface area contributed by atoms with Crippen molar-refractivity contribution >= 4 is 22.4 Å². The molecule has 1 aromatic carbocycles. The third kappa shape index (κ3) is 3.41. The van der Waals surface area contributed by atoms with Crippen LogP contribution in [0.15, 0.2) is 58.5 Å². The van der Waals surface area contributed by atoms with Crippen LogP contribution in [0, 0.1) is 5.92 Å². The van der Waals surface area contributed by atoms with Crippen molar-refractivity contribution in [3.8, 4) is 16.8 Å². The molecule has 2 unspecified atom stereocenters. The molecule has 1 fully saturated rings. The molecule has 1 aliphatic heterocycles. The van der Waals surface area contributed by atoms with E-state index < -0.39 is 0 Å². The molecule has 148 valence electrons. The van der Waals surface area contributed by atoms with Gasteiger partial charge in [0.1, 0.15) is 6.33 Å². The first-order chi connectivity index (χ1) is 14.2. The van der Waals surface area contributed by atoms with Crippen LogP contribution >= 0.6 is 11.3 Å². The zero-order valence-corrected chi connectivity index (χ0v) is 17.1. The summed E-state index contributed by atoms with van der Waals surface area (Å²) in [6, 6.07) is 8.42. The van der Waals surface area contributed by atoms with Crippen LogP contribution < -0.4 is 11.0 Å². The van der Waals surface area contributed by atoms with Gasteiger partial charge in [0, 0.05) is 29.4 Å². The van der Waals surface area contributed by atoms with Gasteiger partial charge in [-0.3, -0.25) is 9.13 Å². The lowest BCUT2D eigenvalue weighted by Gasteiger charge is -2.29. The highest BCUT2D eigenvalue weighted by Crippen LogP contribution is 2.27. The van der Waals surface area contributed by atoms with Crippen LogP contribution in [0.5, 0.6) is 0 Å². The van der Waals surface area contributed by atoms with E-state index in [-0.39, 0.29) is 11.7 Å². The SMILES string of the molecule is CC(C1CCCNC1)n1cc(-c2ccc3c(c2)ncn3-c2ccsc2)cnc1=O. The van der Waals surface area contributed by atoms with Crippen LogP contribution in [0.25, 0.3) is 27.8 Å². The molecule has 5 rings (SSSR count). The minimum Gasteiger partial charge on any atom is -0.316 e. The first-order valence-electron chi connectivity index (χ1n) is 9.99. The van der Waals surface area contributed by atoms with Crippen LogP contribution in [0.4, 0.5) is 0 Å². The van der Waals surface area contributed by atoms with E-state index in [1.54, 1.807) is 22.1 Å². The predicted molar refractivity (Wildman–Crippen MR) is 117 cm³/mol. The monoisotopic (exact) mass is 405 g/mol. The minimum atomic E-state index is -0.186. The molecular formula is C22H23N5OS. The Bertz CT molecular complexity index is 1190. The average molecular weight is 406 g/mol. The molecule has 7 heteroatoms. The number of aromatic nitrogens is 4. The summed E-state index contributed by atoms with van der Waals surface area (Å²) < 4.78 is 3.88. The maximum atomic E-state index is 12.5. The number of imidazole rings is 1. The van der Waals surface area contributed by atoms with Crippen LogP contribution in [0.2, 0.25) is 0 Å². The second kappa shape index (κ2) is 7.57. The summed E-state index contributed by atoms with van der Waals surface area (Å²) in [5.74, 6) is 0.447. The predicted octanol–water partition coefficient (Wildman–Crippen LogP) is 3.87. The fourth-order valence-electron chi connectivity index (χ4n) is 4.18. The maximum absolute atomic E-state index is 12.5. The fourth-order valence-corrected chi connectivity index (χ4v) is 4.81. The number of thiophene rings is 1. The normalized spacial score (nSPS) is 18.2. The van der Waals surface area contributed by atoms with Crippen molar-refractivity contribution in [2.45, 2.75) is 25.8 Å². The van der Waals surface area contributed by atoms with Crippen molar-refractivity contribution in [1.29, 1.82) is 0 Å². The number of fused-ring (bicyclic) bond motifs is 1. The smallest absolute Gasteiger partial charge is 0.316 e. The van der Waals surface area contributed by atoms with Gasteiger partial charge in [0.2, 0.25) is 0 Å². The van der Waals surface area contributed by atoms with Gasteiger partial charge in [0.25, 0.3) is 0 Å². The molecule has 29 heavy (non-hydrogen) atoms. The topological polar surface area (TPSA) is 64.7 Å². The first-order valence-corrected chi connectivity index (χ1v) is 10.9. The van der Waals surface area contributed by atoms with Crippen molar-refractivity contribution in [3.05, 3.63) is 64.2 Å². The van der Waals surface area contributed by atoms with Crippen LogP contribution in [-0.2, 0) is 0 Å². The molecule has 6 nitrogen and oxygen atoms in total. The molecule has 1 N–H and O–H groups in total. The molecule has 0 bridgehead atoms. The Kier molecular flexibility index (Phi) is 4.77.